The lowest BCUT2D eigenvalue weighted by molar-refractivity contribution is -0.113. The lowest BCUT2D eigenvalue weighted by Gasteiger charge is -2.23. The molecular formula is C19H24N4O3S. The molecule has 0 bridgehead atoms. The van der Waals surface area contributed by atoms with Crippen LogP contribution < -0.4 is 16.4 Å². The second-order valence-corrected chi connectivity index (χ2v) is 8.36. The predicted octanol–water partition coefficient (Wildman–Crippen LogP) is 2.92. The first kappa shape index (κ1) is 18.2. The molecule has 0 saturated heterocycles. The van der Waals surface area contributed by atoms with Crippen LogP contribution in [0.15, 0.2) is 27.9 Å². The first-order valence-electron chi connectivity index (χ1n) is 9.58. The Hall–Kier alpha value is -2.22. The molecule has 1 saturated carbocycles. The molecule has 144 valence electrons. The van der Waals surface area contributed by atoms with Crippen LogP contribution in [-0.4, -0.2) is 26.4 Å². The van der Waals surface area contributed by atoms with Gasteiger partial charge in [0.1, 0.15) is 5.82 Å². The van der Waals surface area contributed by atoms with Gasteiger partial charge in [-0.2, -0.15) is 0 Å². The molecule has 8 heteroatoms. The normalized spacial score (nSPS) is 21.6. The van der Waals surface area contributed by atoms with Crippen LogP contribution in [0.3, 0.4) is 0 Å². The fourth-order valence-electron chi connectivity index (χ4n) is 4.10. The highest BCUT2D eigenvalue weighted by Crippen LogP contribution is 2.40. The number of aromatic amines is 2. The molecule has 1 aliphatic carbocycles. The van der Waals surface area contributed by atoms with Crippen LogP contribution >= 0.6 is 11.8 Å². The second kappa shape index (κ2) is 7.80. The zero-order valence-corrected chi connectivity index (χ0v) is 15.9. The maximum absolute atomic E-state index is 12.9. The molecule has 1 aliphatic heterocycles. The van der Waals surface area contributed by atoms with Gasteiger partial charge in [0, 0.05) is 11.8 Å². The number of pyridine rings is 1. The average Bonchev–Trinajstić information content (AvgIpc) is 2.82. The zero-order chi connectivity index (χ0) is 18.8. The molecule has 27 heavy (non-hydrogen) atoms. The molecule has 1 atom stereocenters. The number of amides is 1. The molecule has 2 aliphatic rings. The molecule has 7 nitrogen and oxygen atoms in total. The van der Waals surface area contributed by atoms with Crippen molar-refractivity contribution in [1.82, 2.24) is 14.8 Å². The van der Waals surface area contributed by atoms with Crippen LogP contribution in [0.2, 0.25) is 0 Å². The number of hydrogen-bond acceptors (Lipinski definition) is 4. The number of fused-ring (bicyclic) bond motifs is 1. The third kappa shape index (κ3) is 3.63. The van der Waals surface area contributed by atoms with Gasteiger partial charge in [-0.05, 0) is 18.9 Å². The maximum Gasteiger partial charge on any atom is 0.270 e. The molecule has 3 heterocycles. The molecule has 0 radical (unpaired) electrons. The number of H-pyrrole nitrogens is 2. The van der Waals surface area contributed by atoms with Crippen molar-refractivity contribution in [2.24, 2.45) is 0 Å². The molecule has 0 unspecified atom stereocenters. The van der Waals surface area contributed by atoms with Crippen LogP contribution in [0.4, 0.5) is 5.82 Å². The van der Waals surface area contributed by atoms with Crippen molar-refractivity contribution in [2.75, 3.05) is 11.1 Å². The van der Waals surface area contributed by atoms with Crippen molar-refractivity contribution in [3.05, 3.63) is 50.2 Å². The Morgan fingerprint density at radius 2 is 1.74 bits per heavy atom. The van der Waals surface area contributed by atoms with Crippen LogP contribution in [0.1, 0.15) is 67.4 Å². The van der Waals surface area contributed by atoms with Gasteiger partial charge in [-0.25, -0.2) is 0 Å². The van der Waals surface area contributed by atoms with E-state index in [-0.39, 0.29) is 28.8 Å². The highest BCUT2D eigenvalue weighted by Gasteiger charge is 2.33. The number of nitrogens with zero attached hydrogens (tertiary/aromatic N) is 1. The summed E-state index contributed by atoms with van der Waals surface area (Å²) in [5.41, 5.74) is 0.522. The summed E-state index contributed by atoms with van der Waals surface area (Å²) in [5.74, 6) is 0.598. The Morgan fingerprint density at radius 1 is 1.00 bits per heavy atom. The van der Waals surface area contributed by atoms with Crippen molar-refractivity contribution in [2.45, 2.75) is 56.2 Å². The monoisotopic (exact) mass is 388 g/mol. The van der Waals surface area contributed by atoms with E-state index in [1.54, 1.807) is 18.3 Å². The largest absolute Gasteiger partial charge is 0.329 e. The summed E-state index contributed by atoms with van der Waals surface area (Å²) in [6, 6.07) is 3.64. The summed E-state index contributed by atoms with van der Waals surface area (Å²) in [6.07, 6.45) is 9.44. The van der Waals surface area contributed by atoms with Crippen molar-refractivity contribution in [3.63, 3.8) is 0 Å². The maximum atomic E-state index is 12.9. The highest BCUT2D eigenvalue weighted by molar-refractivity contribution is 8.00. The van der Waals surface area contributed by atoms with Gasteiger partial charge in [-0.1, -0.05) is 38.2 Å². The molecule has 0 spiro atoms. The number of carbonyl (C=O) groups excluding carboxylic acids is 1. The van der Waals surface area contributed by atoms with Gasteiger partial charge >= 0.3 is 0 Å². The number of rotatable bonds is 2. The molecule has 1 fully saturated rings. The van der Waals surface area contributed by atoms with Gasteiger partial charge < -0.3 is 10.3 Å². The molecule has 1 amide bonds. The third-order valence-corrected chi connectivity index (χ3v) is 6.69. The smallest absolute Gasteiger partial charge is 0.270 e. The number of thioether (sulfide) groups is 1. The van der Waals surface area contributed by atoms with Gasteiger partial charge in [0.2, 0.25) is 5.91 Å². The van der Waals surface area contributed by atoms with E-state index < -0.39 is 5.25 Å². The summed E-state index contributed by atoms with van der Waals surface area (Å²) >= 11 is 1.32. The average molecular weight is 388 g/mol. The zero-order valence-electron chi connectivity index (χ0n) is 15.1. The highest BCUT2D eigenvalue weighted by atomic mass is 32.2. The van der Waals surface area contributed by atoms with Gasteiger partial charge in [-0.3, -0.25) is 24.2 Å². The Kier molecular flexibility index (Phi) is 5.24. The van der Waals surface area contributed by atoms with E-state index in [1.165, 1.54) is 31.0 Å². The van der Waals surface area contributed by atoms with Crippen LogP contribution in [0, 0.1) is 0 Å². The fraction of sp³-hybridized carbons (Fsp3) is 0.526. The number of aromatic nitrogens is 3. The summed E-state index contributed by atoms with van der Waals surface area (Å²) in [4.78, 5) is 40.2. The summed E-state index contributed by atoms with van der Waals surface area (Å²) in [6.45, 7) is 0. The lowest BCUT2D eigenvalue weighted by atomic mass is 9.97. The number of anilines is 1. The molecule has 3 N–H and O–H groups in total. The molecule has 0 aromatic carbocycles. The van der Waals surface area contributed by atoms with E-state index in [0.29, 0.717) is 16.9 Å². The molecule has 2 aromatic heterocycles. The van der Waals surface area contributed by atoms with E-state index in [9.17, 15) is 14.4 Å². The molecule has 4 rings (SSSR count). The standard InChI is InChI=1S/C19H24N4O3S/c24-14-11-27-16(13-9-6-10-20-18(13)25)15-17(21-14)23(22-19(15)26)12-7-4-2-1-3-5-8-12/h6,9-10,12,16H,1-5,7-8,11H2,(H,20,25)(H,21,24)(H,22,26)/t16-/m1/s1. The van der Waals surface area contributed by atoms with Crippen molar-refractivity contribution < 1.29 is 4.79 Å². The van der Waals surface area contributed by atoms with E-state index >= 15 is 0 Å². The van der Waals surface area contributed by atoms with Gasteiger partial charge in [0.25, 0.3) is 11.1 Å². The molecule has 2 aromatic rings. The molecular weight excluding hydrogens is 364 g/mol. The van der Waals surface area contributed by atoms with E-state index in [0.717, 1.165) is 25.7 Å². The number of carbonyl (C=O) groups is 1. The predicted molar refractivity (Wildman–Crippen MR) is 106 cm³/mol. The van der Waals surface area contributed by atoms with E-state index in [2.05, 4.69) is 15.4 Å². The number of hydrogen-bond donors (Lipinski definition) is 3. The first-order chi connectivity index (χ1) is 13.1. The fourth-order valence-corrected chi connectivity index (χ4v) is 5.24. The first-order valence-corrected chi connectivity index (χ1v) is 10.6. The Balaban J connectivity index is 1.81. The van der Waals surface area contributed by atoms with E-state index in [4.69, 9.17) is 0 Å². The van der Waals surface area contributed by atoms with Crippen LogP contribution in [0.25, 0.3) is 0 Å². The minimum atomic E-state index is -0.470. The van der Waals surface area contributed by atoms with Crippen molar-refractivity contribution >= 4 is 23.5 Å². The summed E-state index contributed by atoms with van der Waals surface area (Å²) in [7, 11) is 0. The SMILES string of the molecule is O=C1CS[C@H](c2ccc[nH]c2=O)c2c(n(C3CCCCCCC3)[nH]c2=O)N1. The van der Waals surface area contributed by atoms with Gasteiger partial charge in [0.15, 0.2) is 0 Å². The number of nitrogens with one attached hydrogen (secondary N) is 3. The van der Waals surface area contributed by atoms with Gasteiger partial charge in [-0.15, -0.1) is 11.8 Å². The summed E-state index contributed by atoms with van der Waals surface area (Å²) < 4.78 is 1.86. The second-order valence-electron chi connectivity index (χ2n) is 7.27. The third-order valence-electron chi connectivity index (χ3n) is 5.43. The van der Waals surface area contributed by atoms with Crippen molar-refractivity contribution in [3.8, 4) is 0 Å². The van der Waals surface area contributed by atoms with Crippen LogP contribution in [0.5, 0.6) is 0 Å². The topological polar surface area (TPSA) is 99.8 Å². The Morgan fingerprint density at radius 3 is 2.48 bits per heavy atom. The quantitative estimate of drug-likeness (QED) is 0.736. The van der Waals surface area contributed by atoms with Gasteiger partial charge in [0.05, 0.1) is 22.6 Å². The van der Waals surface area contributed by atoms with E-state index in [1.807, 2.05) is 4.68 Å². The minimum absolute atomic E-state index is 0.144. The van der Waals surface area contributed by atoms with Crippen LogP contribution in [-0.2, 0) is 4.79 Å². The Labute approximate surface area is 160 Å². The van der Waals surface area contributed by atoms with Crippen molar-refractivity contribution in [1.29, 1.82) is 0 Å². The minimum Gasteiger partial charge on any atom is -0.329 e. The lowest BCUT2D eigenvalue weighted by Crippen LogP contribution is -2.20. The summed E-state index contributed by atoms with van der Waals surface area (Å²) in [5, 5.41) is 5.42. The Bertz CT molecular complexity index is 937.